The second-order valence-electron chi connectivity index (χ2n) is 5.26. The highest BCUT2D eigenvalue weighted by molar-refractivity contribution is 6.08. The largest absolute Gasteiger partial charge is 0.296 e. The Hall–Kier alpha value is -3.40. The van der Waals surface area contributed by atoms with Crippen LogP contribution in [0.2, 0.25) is 0 Å². The Kier molecular flexibility index (Phi) is 9.65. The van der Waals surface area contributed by atoms with E-state index >= 15 is 0 Å². The van der Waals surface area contributed by atoms with E-state index < -0.39 is 0 Å². The van der Waals surface area contributed by atoms with E-state index in [1.807, 2.05) is 56.4 Å². The third-order valence-electron chi connectivity index (χ3n) is 3.35. The Labute approximate surface area is 162 Å². The molecule has 0 aliphatic carbocycles. The molecule has 0 spiro atoms. The molecule has 4 heteroatoms. The van der Waals surface area contributed by atoms with Crippen molar-refractivity contribution in [1.82, 2.24) is 15.0 Å². The van der Waals surface area contributed by atoms with Crippen LogP contribution in [0.3, 0.4) is 0 Å². The molecule has 0 saturated carbocycles. The van der Waals surface area contributed by atoms with Gasteiger partial charge in [-0.05, 0) is 13.8 Å². The van der Waals surface area contributed by atoms with E-state index in [2.05, 4.69) is 39.7 Å². The lowest BCUT2D eigenvalue weighted by molar-refractivity contribution is 0.974. The van der Waals surface area contributed by atoms with Gasteiger partial charge in [-0.2, -0.15) is 0 Å². The first-order valence-corrected chi connectivity index (χ1v) is 8.58. The second-order valence-corrected chi connectivity index (χ2v) is 5.26. The van der Waals surface area contributed by atoms with Crippen molar-refractivity contribution in [2.24, 2.45) is 4.99 Å². The van der Waals surface area contributed by atoms with E-state index in [0.717, 1.165) is 16.7 Å². The number of rotatable bonds is 9. The van der Waals surface area contributed by atoms with Gasteiger partial charge in [0.05, 0.1) is 0 Å². The van der Waals surface area contributed by atoms with Gasteiger partial charge in [-0.25, -0.2) is 15.0 Å². The molecule has 1 rings (SSSR count). The van der Waals surface area contributed by atoms with Crippen LogP contribution < -0.4 is 0 Å². The quantitative estimate of drug-likeness (QED) is 0.437. The molecule has 0 N–H and O–H groups in total. The van der Waals surface area contributed by atoms with Crippen LogP contribution in [0, 0.1) is 0 Å². The lowest BCUT2D eigenvalue weighted by atomic mass is 10.1. The zero-order chi connectivity index (χ0) is 20.1. The van der Waals surface area contributed by atoms with Crippen molar-refractivity contribution < 1.29 is 0 Å². The molecule has 0 saturated heterocycles. The maximum Gasteiger partial charge on any atom is 0.165 e. The fourth-order valence-corrected chi connectivity index (χ4v) is 2.07. The fourth-order valence-electron chi connectivity index (χ4n) is 2.07. The van der Waals surface area contributed by atoms with Crippen LogP contribution in [0.1, 0.15) is 31.3 Å². The summed E-state index contributed by atoms with van der Waals surface area (Å²) in [6.07, 6.45) is 20.1. The maximum absolute atomic E-state index is 4.62. The SMILES string of the molecule is C=C/C=C(\C=NC)c1nc(/C(C=C)=C/C=C\C)nc(/C(C=C)=C/C=C\C)n1. The second kappa shape index (κ2) is 12.0. The first kappa shape index (κ1) is 21.6. The van der Waals surface area contributed by atoms with Crippen molar-refractivity contribution in [1.29, 1.82) is 0 Å². The molecule has 0 atom stereocenters. The number of nitrogens with zero attached hydrogens (tertiary/aromatic N) is 4. The molecular weight excluding hydrogens is 332 g/mol. The minimum atomic E-state index is 0.502. The molecule has 0 radical (unpaired) electrons. The molecule has 0 fully saturated rings. The molecule has 0 unspecified atom stereocenters. The molecule has 0 amide bonds. The topological polar surface area (TPSA) is 51.0 Å². The molecule has 1 aromatic rings. The smallest absolute Gasteiger partial charge is 0.165 e. The summed E-state index contributed by atoms with van der Waals surface area (Å²) in [4.78, 5) is 17.9. The van der Waals surface area contributed by atoms with Crippen LogP contribution in [0.25, 0.3) is 16.7 Å². The van der Waals surface area contributed by atoms with Gasteiger partial charge >= 0.3 is 0 Å². The monoisotopic (exact) mass is 358 g/mol. The number of aliphatic imine (C=N–C) groups is 1. The lowest BCUT2D eigenvalue weighted by Gasteiger charge is -2.09. The molecule has 0 aliphatic heterocycles. The van der Waals surface area contributed by atoms with Gasteiger partial charge in [0.2, 0.25) is 0 Å². The zero-order valence-electron chi connectivity index (χ0n) is 16.3. The van der Waals surface area contributed by atoms with E-state index in [4.69, 9.17) is 0 Å². The highest BCUT2D eigenvalue weighted by Crippen LogP contribution is 2.19. The Morgan fingerprint density at radius 1 is 0.741 bits per heavy atom. The van der Waals surface area contributed by atoms with Gasteiger partial charge in [-0.1, -0.05) is 80.5 Å². The number of hydrogen-bond donors (Lipinski definition) is 0. The van der Waals surface area contributed by atoms with Crippen LogP contribution in [0.4, 0.5) is 0 Å². The lowest BCUT2D eigenvalue weighted by Crippen LogP contribution is -2.07. The van der Waals surface area contributed by atoms with Gasteiger partial charge in [0.1, 0.15) is 0 Å². The predicted molar refractivity (Wildman–Crippen MR) is 118 cm³/mol. The van der Waals surface area contributed by atoms with Crippen molar-refractivity contribution in [2.45, 2.75) is 13.8 Å². The molecular formula is C23H26N4. The summed E-state index contributed by atoms with van der Waals surface area (Å²) in [5, 5.41) is 0. The van der Waals surface area contributed by atoms with Crippen molar-refractivity contribution in [3.63, 3.8) is 0 Å². The van der Waals surface area contributed by atoms with Crippen molar-refractivity contribution in [2.75, 3.05) is 7.05 Å². The Morgan fingerprint density at radius 2 is 1.19 bits per heavy atom. The molecule has 1 heterocycles. The van der Waals surface area contributed by atoms with E-state index in [0.29, 0.717) is 17.5 Å². The Morgan fingerprint density at radius 3 is 1.52 bits per heavy atom. The summed E-state index contributed by atoms with van der Waals surface area (Å²) in [5.74, 6) is 1.55. The highest BCUT2D eigenvalue weighted by atomic mass is 15.0. The third-order valence-corrected chi connectivity index (χ3v) is 3.35. The van der Waals surface area contributed by atoms with Crippen LogP contribution in [0.5, 0.6) is 0 Å². The highest BCUT2D eigenvalue weighted by Gasteiger charge is 2.12. The summed E-state index contributed by atoms with van der Waals surface area (Å²) in [6, 6.07) is 0. The van der Waals surface area contributed by atoms with Crippen molar-refractivity contribution >= 4 is 22.9 Å². The fraction of sp³-hybridized carbons (Fsp3) is 0.130. The first-order valence-electron chi connectivity index (χ1n) is 8.58. The van der Waals surface area contributed by atoms with Gasteiger partial charge in [-0.15, -0.1) is 0 Å². The molecule has 0 aliphatic rings. The molecule has 4 nitrogen and oxygen atoms in total. The molecule has 0 aromatic carbocycles. The molecule has 138 valence electrons. The third kappa shape index (κ3) is 6.44. The normalized spacial score (nSPS) is 13.7. The Bertz CT molecular complexity index is 810. The predicted octanol–water partition coefficient (Wildman–Crippen LogP) is 5.43. The number of allylic oxidation sites excluding steroid dienone is 13. The zero-order valence-corrected chi connectivity index (χ0v) is 16.3. The van der Waals surface area contributed by atoms with Crippen LogP contribution in [0.15, 0.2) is 85.5 Å². The number of aromatic nitrogens is 3. The van der Waals surface area contributed by atoms with Gasteiger partial charge in [0, 0.05) is 30.0 Å². The molecule has 27 heavy (non-hydrogen) atoms. The van der Waals surface area contributed by atoms with Crippen molar-refractivity contribution in [3.8, 4) is 0 Å². The molecule has 0 bridgehead atoms. The van der Waals surface area contributed by atoms with Crippen molar-refractivity contribution in [3.05, 3.63) is 98.0 Å². The standard InChI is InChI=1S/C23H26N4/c1-7-12-15-18(10-4)21-25-22(19(11-5)16-13-8-2)27-23(26-21)20(14-9-3)17-24-6/h7-17H,3-5H2,1-2,6H3/b12-7-,13-8-,18-15+,19-16+,20-14+,24-17?. The van der Waals surface area contributed by atoms with E-state index in [1.165, 1.54) is 0 Å². The first-order chi connectivity index (χ1) is 13.1. The van der Waals surface area contributed by atoms with Gasteiger partial charge in [0.25, 0.3) is 0 Å². The minimum absolute atomic E-state index is 0.502. The minimum Gasteiger partial charge on any atom is -0.296 e. The molecule has 1 aromatic heterocycles. The summed E-state index contributed by atoms with van der Waals surface area (Å²) in [6.45, 7) is 15.4. The summed E-state index contributed by atoms with van der Waals surface area (Å²) < 4.78 is 0. The maximum atomic E-state index is 4.62. The van der Waals surface area contributed by atoms with E-state index in [-0.39, 0.29) is 0 Å². The Balaban J connectivity index is 3.79. The summed E-state index contributed by atoms with van der Waals surface area (Å²) in [5.41, 5.74) is 2.32. The van der Waals surface area contributed by atoms with Gasteiger partial charge in [-0.3, -0.25) is 4.99 Å². The average molecular weight is 358 g/mol. The van der Waals surface area contributed by atoms with Crippen LogP contribution >= 0.6 is 0 Å². The van der Waals surface area contributed by atoms with Gasteiger partial charge < -0.3 is 0 Å². The van der Waals surface area contributed by atoms with E-state index in [9.17, 15) is 0 Å². The van der Waals surface area contributed by atoms with Crippen LogP contribution in [-0.2, 0) is 0 Å². The summed E-state index contributed by atoms with van der Waals surface area (Å²) in [7, 11) is 1.70. The van der Waals surface area contributed by atoms with Crippen LogP contribution in [-0.4, -0.2) is 28.2 Å². The summed E-state index contributed by atoms with van der Waals surface area (Å²) >= 11 is 0. The van der Waals surface area contributed by atoms with Gasteiger partial charge in [0.15, 0.2) is 17.5 Å². The average Bonchev–Trinajstić information content (AvgIpc) is 2.69. The number of hydrogen-bond acceptors (Lipinski definition) is 4. The van der Waals surface area contributed by atoms with E-state index in [1.54, 1.807) is 31.5 Å².